The molecule has 0 amide bonds. The lowest BCUT2D eigenvalue weighted by Crippen LogP contribution is -1.86. The monoisotopic (exact) mass is 1350 g/mol. The summed E-state index contributed by atoms with van der Waals surface area (Å²) in [4.78, 5) is 26.9. The Kier molecular flexibility index (Phi) is 25.0. The molecule has 0 bridgehead atoms. The van der Waals surface area contributed by atoms with Crippen LogP contribution in [0.15, 0.2) is 103 Å². The van der Waals surface area contributed by atoms with Crippen molar-refractivity contribution in [2.45, 2.75) is 221 Å². The van der Waals surface area contributed by atoms with Gasteiger partial charge in [-0.1, -0.05) is 168 Å². The minimum atomic E-state index is 1.03. The summed E-state index contributed by atoms with van der Waals surface area (Å²) in [5.74, 6) is 0. The highest BCUT2D eigenvalue weighted by atomic mass is 32.1. The molecule has 0 saturated carbocycles. The van der Waals surface area contributed by atoms with Crippen molar-refractivity contribution >= 4 is 113 Å². The normalized spacial score (nSPS) is 11.8. The standard InChI is InChI=1S/C77H91N3S9/c1-7-11-15-19-23-27-31-54-48-53(6)81-74(54)65-41-37-61(82-65)62-38-42-66(83-62)75-55(32-28-24-20-16-12-8-2)49-69(86-75)58-35-36-59(73-72(58)79-89-80-73)70-50-56(33-29-25-21-17-13-9-3)76(87-70)67-43-39-63(84-67)64-40-44-68(85-64)77-57(34-30-26-22-18-14-10-4)51-71(88-77)60-47-52(5)45-46-78-60/h35-51H,7-34H2,1-6H3. The molecule has 0 spiro atoms. The molecule has 0 saturated heterocycles. The van der Waals surface area contributed by atoms with Crippen molar-refractivity contribution in [1.82, 2.24) is 13.7 Å². The molecule has 0 unspecified atom stereocenters. The van der Waals surface area contributed by atoms with E-state index in [-0.39, 0.29) is 0 Å². The Hall–Kier alpha value is -4.21. The van der Waals surface area contributed by atoms with Gasteiger partial charge in [0.15, 0.2) is 0 Å². The first-order chi connectivity index (χ1) is 43.8. The lowest BCUT2D eigenvalue weighted by Gasteiger charge is -2.04. The summed E-state index contributed by atoms with van der Waals surface area (Å²) in [6, 6.07) is 38.2. The van der Waals surface area contributed by atoms with Crippen molar-refractivity contribution in [3.05, 3.63) is 136 Å². The highest BCUT2D eigenvalue weighted by Gasteiger charge is 2.24. The molecule has 1 aromatic carbocycles. The minimum absolute atomic E-state index is 1.03. The first kappa shape index (κ1) is 66.3. The number of unbranched alkanes of at least 4 members (excludes halogenated alkanes) is 20. The molecule has 468 valence electrons. The van der Waals surface area contributed by atoms with E-state index in [4.69, 9.17) is 13.7 Å². The third-order valence-corrected chi connectivity index (χ3v) is 28.2. The summed E-state index contributed by atoms with van der Waals surface area (Å²) in [6.45, 7) is 13.7. The quantitative estimate of drug-likeness (QED) is 0.0364. The minimum Gasteiger partial charge on any atom is -0.255 e. The van der Waals surface area contributed by atoms with Gasteiger partial charge in [-0.05, 0) is 178 Å². The van der Waals surface area contributed by atoms with Crippen LogP contribution in [-0.4, -0.2) is 13.7 Å². The Morgan fingerprint density at radius 2 is 0.618 bits per heavy atom. The van der Waals surface area contributed by atoms with Gasteiger partial charge in [0, 0.05) is 90.5 Å². The van der Waals surface area contributed by atoms with E-state index in [1.807, 2.05) is 96.9 Å². The molecule has 0 radical (unpaired) electrons. The molecule has 10 aromatic heterocycles. The number of benzene rings is 1. The van der Waals surface area contributed by atoms with E-state index in [2.05, 4.69) is 139 Å². The van der Waals surface area contributed by atoms with Gasteiger partial charge in [-0.25, -0.2) is 0 Å². The zero-order chi connectivity index (χ0) is 61.3. The maximum atomic E-state index is 5.14. The van der Waals surface area contributed by atoms with Crippen LogP contribution in [0.5, 0.6) is 0 Å². The largest absolute Gasteiger partial charge is 0.255 e. The number of rotatable bonds is 37. The van der Waals surface area contributed by atoms with E-state index in [9.17, 15) is 0 Å². The zero-order valence-corrected chi connectivity index (χ0v) is 61.0. The molecule has 0 N–H and O–H groups in total. The summed E-state index contributed by atoms with van der Waals surface area (Å²) < 4.78 is 10.3. The molecule has 0 aliphatic heterocycles. The van der Waals surface area contributed by atoms with E-state index in [1.165, 1.54) is 284 Å². The zero-order valence-electron chi connectivity index (χ0n) is 53.6. The van der Waals surface area contributed by atoms with Crippen molar-refractivity contribution in [2.75, 3.05) is 0 Å². The smallest absolute Gasteiger partial charge is 0.114 e. The highest BCUT2D eigenvalue weighted by molar-refractivity contribution is 7.30. The van der Waals surface area contributed by atoms with E-state index >= 15 is 0 Å². The van der Waals surface area contributed by atoms with Crippen LogP contribution >= 0.6 is 102 Å². The average molecular weight is 1350 g/mol. The molecule has 12 heteroatoms. The maximum Gasteiger partial charge on any atom is 0.114 e. The summed E-state index contributed by atoms with van der Waals surface area (Å²) in [7, 11) is 0. The first-order valence-corrected chi connectivity index (χ1v) is 41.1. The van der Waals surface area contributed by atoms with Crippen LogP contribution in [0.25, 0.3) is 101 Å². The molecule has 10 heterocycles. The second kappa shape index (κ2) is 33.6. The van der Waals surface area contributed by atoms with E-state index in [1.54, 1.807) is 5.56 Å². The lowest BCUT2D eigenvalue weighted by atomic mass is 10.0. The third-order valence-electron chi connectivity index (χ3n) is 17.5. The van der Waals surface area contributed by atoms with Crippen LogP contribution < -0.4 is 0 Å². The van der Waals surface area contributed by atoms with Crippen LogP contribution in [0, 0.1) is 13.8 Å². The molecular weight excluding hydrogens is 1260 g/mol. The Balaban J connectivity index is 0.862. The second-order valence-electron chi connectivity index (χ2n) is 24.7. The van der Waals surface area contributed by atoms with Crippen LogP contribution in [0.2, 0.25) is 0 Å². The van der Waals surface area contributed by atoms with Crippen LogP contribution in [0.1, 0.15) is 214 Å². The number of pyridine rings is 1. The van der Waals surface area contributed by atoms with Gasteiger partial charge in [0.25, 0.3) is 0 Å². The van der Waals surface area contributed by atoms with Crippen LogP contribution in [0.4, 0.5) is 0 Å². The van der Waals surface area contributed by atoms with Gasteiger partial charge < -0.3 is 0 Å². The number of aromatic nitrogens is 3. The molecule has 11 rings (SSSR count). The fourth-order valence-electron chi connectivity index (χ4n) is 12.5. The van der Waals surface area contributed by atoms with Crippen molar-refractivity contribution in [3.8, 4) is 90.0 Å². The predicted octanol–water partition coefficient (Wildman–Crippen LogP) is 28.8. The molecule has 89 heavy (non-hydrogen) atoms. The molecule has 0 fully saturated rings. The number of aryl methyl sites for hydroxylation is 6. The highest BCUT2D eigenvalue weighted by Crippen LogP contribution is 2.51. The molecular formula is C77H91N3S9. The van der Waals surface area contributed by atoms with Gasteiger partial charge in [0.1, 0.15) is 11.0 Å². The average Bonchev–Trinajstić information content (AvgIpc) is 2.11. The first-order valence-electron chi connectivity index (χ1n) is 33.9. The number of nitrogens with zero attached hydrogens (tertiary/aromatic N) is 3. The molecule has 11 aromatic rings. The second-order valence-corrected chi connectivity index (χ2v) is 34.0. The third kappa shape index (κ3) is 17.1. The Labute approximate surface area is 569 Å². The number of thiophene rings is 8. The Morgan fingerprint density at radius 1 is 0.292 bits per heavy atom. The molecule has 0 aliphatic carbocycles. The Morgan fingerprint density at radius 3 is 1.00 bits per heavy atom. The fourth-order valence-corrected chi connectivity index (χ4v) is 22.6. The Bertz CT molecular complexity index is 3950. The lowest BCUT2D eigenvalue weighted by molar-refractivity contribution is 0.608. The van der Waals surface area contributed by atoms with Crippen LogP contribution in [0.3, 0.4) is 0 Å². The molecule has 3 nitrogen and oxygen atoms in total. The molecule has 0 aliphatic rings. The van der Waals surface area contributed by atoms with E-state index in [0.29, 0.717) is 0 Å². The van der Waals surface area contributed by atoms with E-state index < -0.39 is 0 Å². The van der Waals surface area contributed by atoms with E-state index in [0.717, 1.165) is 36.0 Å². The van der Waals surface area contributed by atoms with Gasteiger partial charge >= 0.3 is 0 Å². The summed E-state index contributed by atoms with van der Waals surface area (Å²) in [5, 5.41) is 0. The predicted molar refractivity (Wildman–Crippen MR) is 405 cm³/mol. The van der Waals surface area contributed by atoms with Gasteiger partial charge in [0.2, 0.25) is 0 Å². The van der Waals surface area contributed by atoms with Crippen molar-refractivity contribution in [3.63, 3.8) is 0 Å². The summed E-state index contributed by atoms with van der Waals surface area (Å²) in [5.41, 5.74) is 12.8. The van der Waals surface area contributed by atoms with Gasteiger partial charge in [-0.3, -0.25) is 4.98 Å². The number of hydrogen-bond donors (Lipinski definition) is 0. The summed E-state index contributed by atoms with van der Waals surface area (Å²) >= 11 is 17.1. The maximum absolute atomic E-state index is 5.14. The van der Waals surface area contributed by atoms with Crippen LogP contribution in [-0.2, 0) is 25.7 Å². The van der Waals surface area contributed by atoms with Gasteiger partial charge in [-0.15, -0.1) is 90.7 Å². The fraction of sp³-hybridized carbons (Fsp3) is 0.442. The number of hydrogen-bond acceptors (Lipinski definition) is 12. The van der Waals surface area contributed by atoms with Crippen molar-refractivity contribution in [1.29, 1.82) is 0 Å². The molecule has 0 atom stereocenters. The van der Waals surface area contributed by atoms with Gasteiger partial charge in [-0.2, -0.15) is 8.75 Å². The van der Waals surface area contributed by atoms with Crippen molar-refractivity contribution in [2.24, 2.45) is 0 Å². The van der Waals surface area contributed by atoms with Gasteiger partial charge in [0.05, 0.1) is 22.3 Å². The topological polar surface area (TPSA) is 38.7 Å². The van der Waals surface area contributed by atoms with Crippen molar-refractivity contribution < 1.29 is 0 Å². The summed E-state index contributed by atoms with van der Waals surface area (Å²) in [6.07, 6.45) is 37.9. The number of fused-ring (bicyclic) bond motifs is 1. The SMILES string of the molecule is CCCCCCCCc1cc(C)sc1-c1ccc(-c2ccc(-c3sc(-c4ccc(-c5cc(CCCCCCCC)c(-c6ccc(-c7ccc(-c8sc(-c9cc(C)ccn9)cc8CCCCCCCC)s7)s6)s5)c5nsnc45)cc3CCCCCCCC)s2)s1.